The molecule has 4 heteroatoms. The van der Waals surface area contributed by atoms with Crippen molar-refractivity contribution in [2.45, 2.75) is 6.61 Å². The summed E-state index contributed by atoms with van der Waals surface area (Å²) in [5, 5.41) is 0.387. The summed E-state index contributed by atoms with van der Waals surface area (Å²) in [5.41, 5.74) is 0.771. The summed E-state index contributed by atoms with van der Waals surface area (Å²) >= 11 is 8.80. The van der Waals surface area contributed by atoms with E-state index in [4.69, 9.17) is 16.3 Å². The zero-order chi connectivity index (χ0) is 9.14. The van der Waals surface area contributed by atoms with Gasteiger partial charge in [0.1, 0.15) is 5.82 Å². The largest absolute Gasteiger partial charge is 0.380 e. The molecule has 1 nitrogen and oxygen atoms in total. The molecule has 0 saturated carbocycles. The van der Waals surface area contributed by atoms with Gasteiger partial charge in [-0.3, -0.25) is 0 Å². The van der Waals surface area contributed by atoms with Gasteiger partial charge in [-0.15, -0.1) is 0 Å². The molecule has 0 aliphatic carbocycles. The Bertz CT molecular complexity index is 291. The number of rotatable bonds is 2. The van der Waals surface area contributed by atoms with Crippen LogP contribution in [0, 0.1) is 5.82 Å². The Balaban J connectivity index is 3.05. The van der Waals surface area contributed by atoms with Crippen LogP contribution in [0.4, 0.5) is 4.39 Å². The first-order valence-electron chi connectivity index (χ1n) is 3.27. The Morgan fingerprint density at radius 1 is 1.58 bits per heavy atom. The van der Waals surface area contributed by atoms with E-state index in [1.54, 1.807) is 13.2 Å². The molecule has 1 rings (SSSR count). The second-order valence-corrected chi connectivity index (χ2v) is 3.55. The van der Waals surface area contributed by atoms with Gasteiger partial charge in [-0.2, -0.15) is 0 Å². The third kappa shape index (κ3) is 2.19. The molecule has 1 aromatic rings. The Morgan fingerprint density at radius 3 is 2.83 bits per heavy atom. The van der Waals surface area contributed by atoms with Crippen LogP contribution < -0.4 is 0 Å². The van der Waals surface area contributed by atoms with Crippen molar-refractivity contribution in [1.29, 1.82) is 0 Å². The molecule has 0 aromatic heterocycles. The van der Waals surface area contributed by atoms with Gasteiger partial charge in [-0.25, -0.2) is 4.39 Å². The van der Waals surface area contributed by atoms with Gasteiger partial charge in [0, 0.05) is 12.1 Å². The second kappa shape index (κ2) is 4.21. The third-order valence-corrected chi connectivity index (χ3v) is 2.35. The zero-order valence-corrected chi connectivity index (χ0v) is 8.75. The summed E-state index contributed by atoms with van der Waals surface area (Å²) in [6, 6.07) is 2.88. The van der Waals surface area contributed by atoms with Crippen LogP contribution >= 0.6 is 27.5 Å². The highest BCUT2D eigenvalue weighted by atomic mass is 79.9. The smallest absolute Gasteiger partial charge is 0.138 e. The highest BCUT2D eigenvalue weighted by Crippen LogP contribution is 2.24. The molecule has 0 unspecified atom stereocenters. The molecule has 0 heterocycles. The first-order valence-corrected chi connectivity index (χ1v) is 4.44. The second-order valence-electron chi connectivity index (χ2n) is 2.29. The van der Waals surface area contributed by atoms with Crippen molar-refractivity contribution >= 4 is 27.5 Å². The molecule has 0 aliphatic rings. The number of hydrogen-bond donors (Lipinski definition) is 0. The average molecular weight is 253 g/mol. The molecule has 1 aromatic carbocycles. The number of methoxy groups -OCH3 is 1. The SMILES string of the molecule is COCc1cc(Br)c(F)cc1Cl. The maximum atomic E-state index is 12.8. The van der Waals surface area contributed by atoms with Crippen LogP contribution in [0.15, 0.2) is 16.6 Å². The van der Waals surface area contributed by atoms with Crippen LogP contribution in [0.25, 0.3) is 0 Å². The van der Waals surface area contributed by atoms with Gasteiger partial charge in [0.15, 0.2) is 0 Å². The van der Waals surface area contributed by atoms with Crippen LogP contribution in [0.5, 0.6) is 0 Å². The van der Waals surface area contributed by atoms with Crippen molar-refractivity contribution in [3.8, 4) is 0 Å². The van der Waals surface area contributed by atoms with Crippen LogP contribution in [0.3, 0.4) is 0 Å². The molecule has 66 valence electrons. The maximum absolute atomic E-state index is 12.8. The van der Waals surface area contributed by atoms with Gasteiger partial charge < -0.3 is 4.74 Å². The summed E-state index contributed by atoms with van der Waals surface area (Å²) in [6.45, 7) is 0.387. The third-order valence-electron chi connectivity index (χ3n) is 1.39. The van der Waals surface area contributed by atoms with Crippen molar-refractivity contribution in [3.63, 3.8) is 0 Å². The van der Waals surface area contributed by atoms with E-state index in [1.807, 2.05) is 0 Å². The Labute approximate surface area is 83.6 Å². The quantitative estimate of drug-likeness (QED) is 0.734. The predicted molar refractivity (Wildman–Crippen MR) is 49.8 cm³/mol. The summed E-state index contributed by atoms with van der Waals surface area (Å²) in [6.07, 6.45) is 0. The minimum Gasteiger partial charge on any atom is -0.380 e. The summed E-state index contributed by atoms with van der Waals surface area (Å²) in [4.78, 5) is 0. The zero-order valence-electron chi connectivity index (χ0n) is 6.40. The van der Waals surface area contributed by atoms with Gasteiger partial charge in [0.25, 0.3) is 0 Å². The standard InChI is InChI=1S/C8H7BrClFO/c1-12-4-5-2-6(9)8(11)3-7(5)10/h2-3H,4H2,1H3. The number of benzene rings is 1. The summed E-state index contributed by atoms with van der Waals surface area (Å²) in [7, 11) is 1.56. The minimum atomic E-state index is -0.361. The van der Waals surface area contributed by atoms with Gasteiger partial charge >= 0.3 is 0 Å². The van der Waals surface area contributed by atoms with Gasteiger partial charge in [-0.1, -0.05) is 11.6 Å². The summed E-state index contributed by atoms with van der Waals surface area (Å²) in [5.74, 6) is -0.361. The molecule has 0 saturated heterocycles. The van der Waals surface area contributed by atoms with Crippen LogP contribution in [-0.2, 0) is 11.3 Å². The van der Waals surface area contributed by atoms with E-state index in [1.165, 1.54) is 6.07 Å². The van der Waals surface area contributed by atoms with E-state index in [0.717, 1.165) is 5.56 Å². The molecular weight excluding hydrogens is 246 g/mol. The molecule has 0 atom stereocenters. The van der Waals surface area contributed by atoms with Crippen molar-refractivity contribution in [2.24, 2.45) is 0 Å². The Kier molecular flexibility index (Phi) is 3.50. The Morgan fingerprint density at radius 2 is 2.25 bits per heavy atom. The van der Waals surface area contributed by atoms with Crippen LogP contribution in [0.2, 0.25) is 5.02 Å². The lowest BCUT2D eigenvalue weighted by molar-refractivity contribution is 0.185. The topological polar surface area (TPSA) is 9.23 Å². The Hall–Kier alpha value is -0.120. The van der Waals surface area contributed by atoms with Crippen LogP contribution in [0.1, 0.15) is 5.56 Å². The molecular formula is C8H7BrClFO. The molecule has 0 bridgehead atoms. The van der Waals surface area contributed by atoms with Gasteiger partial charge in [0.05, 0.1) is 11.1 Å². The average Bonchev–Trinajstić information content (AvgIpc) is 2.01. The minimum absolute atomic E-state index is 0.361. The predicted octanol–water partition coefficient (Wildman–Crippen LogP) is 3.39. The van der Waals surface area contributed by atoms with Crippen molar-refractivity contribution in [1.82, 2.24) is 0 Å². The van der Waals surface area contributed by atoms with E-state index in [9.17, 15) is 4.39 Å². The number of ether oxygens (including phenoxy) is 1. The molecule has 12 heavy (non-hydrogen) atoms. The van der Waals surface area contributed by atoms with E-state index >= 15 is 0 Å². The fourth-order valence-corrected chi connectivity index (χ4v) is 1.43. The van der Waals surface area contributed by atoms with E-state index in [-0.39, 0.29) is 5.82 Å². The molecule has 0 N–H and O–H groups in total. The number of hydrogen-bond acceptors (Lipinski definition) is 1. The van der Waals surface area contributed by atoms with E-state index < -0.39 is 0 Å². The molecule has 0 fully saturated rings. The normalized spacial score (nSPS) is 10.3. The van der Waals surface area contributed by atoms with Crippen molar-refractivity contribution < 1.29 is 9.13 Å². The van der Waals surface area contributed by atoms with Gasteiger partial charge in [0.2, 0.25) is 0 Å². The highest BCUT2D eigenvalue weighted by molar-refractivity contribution is 9.10. The first-order chi connectivity index (χ1) is 5.65. The summed E-state index contributed by atoms with van der Waals surface area (Å²) < 4.78 is 18.1. The van der Waals surface area contributed by atoms with E-state index in [2.05, 4.69) is 15.9 Å². The van der Waals surface area contributed by atoms with Crippen molar-refractivity contribution in [2.75, 3.05) is 7.11 Å². The molecule has 0 radical (unpaired) electrons. The molecule has 0 amide bonds. The lowest BCUT2D eigenvalue weighted by Gasteiger charge is -2.03. The molecule has 0 spiro atoms. The highest BCUT2D eigenvalue weighted by Gasteiger charge is 2.05. The lowest BCUT2D eigenvalue weighted by Crippen LogP contribution is -1.90. The first kappa shape index (κ1) is 9.96. The fourth-order valence-electron chi connectivity index (χ4n) is 0.830. The van der Waals surface area contributed by atoms with Crippen LogP contribution in [-0.4, -0.2) is 7.11 Å². The van der Waals surface area contributed by atoms with Gasteiger partial charge in [-0.05, 0) is 33.6 Å². The van der Waals surface area contributed by atoms with Crippen molar-refractivity contribution in [3.05, 3.63) is 33.0 Å². The maximum Gasteiger partial charge on any atom is 0.138 e. The molecule has 0 aliphatic heterocycles. The fraction of sp³-hybridized carbons (Fsp3) is 0.250. The monoisotopic (exact) mass is 252 g/mol. The number of halogens is 3. The van der Waals surface area contributed by atoms with E-state index in [0.29, 0.717) is 16.1 Å². The lowest BCUT2D eigenvalue weighted by atomic mass is 10.2.